The quantitative estimate of drug-likeness (QED) is 0.807. The van der Waals surface area contributed by atoms with Crippen molar-refractivity contribution in [3.63, 3.8) is 0 Å². The molecule has 0 aliphatic carbocycles. The van der Waals surface area contributed by atoms with E-state index in [1.165, 1.54) is 13.4 Å². The number of hydrogen-bond donors (Lipinski definition) is 3. The van der Waals surface area contributed by atoms with Crippen molar-refractivity contribution in [3.8, 4) is 5.75 Å². The van der Waals surface area contributed by atoms with Crippen LogP contribution in [0.25, 0.3) is 0 Å². The predicted octanol–water partition coefficient (Wildman–Crippen LogP) is 2.35. The number of carbonyl (C=O) groups excluding carboxylic acids is 1. The molecule has 20 heavy (non-hydrogen) atoms. The molecule has 7 nitrogen and oxygen atoms in total. The maximum atomic E-state index is 11.8. The number of nitrogens with zero attached hydrogens (tertiary/aromatic N) is 2. The number of anilines is 1. The van der Waals surface area contributed by atoms with Gasteiger partial charge in [0.05, 0.1) is 18.2 Å². The molecule has 0 saturated carbocycles. The van der Waals surface area contributed by atoms with Crippen LogP contribution >= 0.6 is 11.6 Å². The number of nitrogens with one attached hydrogen (secondary N) is 3. The molecule has 2 rings (SSSR count). The fourth-order valence-electron chi connectivity index (χ4n) is 1.60. The molecule has 1 heterocycles. The number of aromatic nitrogens is 3. The smallest absolute Gasteiger partial charge is 0.319 e. The van der Waals surface area contributed by atoms with Crippen LogP contribution in [0.4, 0.5) is 10.5 Å². The molecule has 1 atom stereocenters. The van der Waals surface area contributed by atoms with E-state index < -0.39 is 0 Å². The second-order valence-corrected chi connectivity index (χ2v) is 4.45. The first-order valence-electron chi connectivity index (χ1n) is 5.86. The van der Waals surface area contributed by atoms with Crippen molar-refractivity contribution < 1.29 is 9.53 Å². The molecule has 0 aliphatic rings. The van der Waals surface area contributed by atoms with E-state index in [-0.39, 0.29) is 12.1 Å². The Labute approximate surface area is 120 Å². The van der Waals surface area contributed by atoms with Crippen LogP contribution < -0.4 is 15.4 Å². The highest BCUT2D eigenvalue weighted by molar-refractivity contribution is 6.32. The fraction of sp³-hybridized carbons (Fsp3) is 0.250. The van der Waals surface area contributed by atoms with Crippen LogP contribution in [0.3, 0.4) is 0 Å². The number of amides is 2. The van der Waals surface area contributed by atoms with Gasteiger partial charge in [0.2, 0.25) is 0 Å². The van der Waals surface area contributed by atoms with Gasteiger partial charge in [-0.3, -0.25) is 5.10 Å². The molecule has 1 aromatic carbocycles. The first kappa shape index (κ1) is 14.1. The van der Waals surface area contributed by atoms with E-state index in [4.69, 9.17) is 16.3 Å². The Morgan fingerprint density at radius 1 is 1.50 bits per heavy atom. The minimum absolute atomic E-state index is 0.286. The van der Waals surface area contributed by atoms with Crippen molar-refractivity contribution in [1.29, 1.82) is 0 Å². The number of aromatic amines is 1. The molecule has 0 unspecified atom stereocenters. The highest BCUT2D eigenvalue weighted by Gasteiger charge is 2.12. The monoisotopic (exact) mass is 295 g/mol. The molecular weight excluding hydrogens is 282 g/mol. The van der Waals surface area contributed by atoms with Crippen LogP contribution in [0.1, 0.15) is 18.8 Å². The van der Waals surface area contributed by atoms with Gasteiger partial charge in [-0.25, -0.2) is 9.78 Å². The Morgan fingerprint density at radius 3 is 2.90 bits per heavy atom. The van der Waals surface area contributed by atoms with Gasteiger partial charge in [-0.2, -0.15) is 5.10 Å². The van der Waals surface area contributed by atoms with Gasteiger partial charge in [-0.05, 0) is 25.1 Å². The van der Waals surface area contributed by atoms with Gasteiger partial charge < -0.3 is 15.4 Å². The molecule has 1 aromatic heterocycles. The van der Waals surface area contributed by atoms with Crippen molar-refractivity contribution >= 4 is 23.3 Å². The van der Waals surface area contributed by atoms with Gasteiger partial charge in [-0.1, -0.05) is 11.6 Å². The van der Waals surface area contributed by atoms with Crippen LogP contribution in [0.15, 0.2) is 24.5 Å². The summed E-state index contributed by atoms with van der Waals surface area (Å²) in [5, 5.41) is 12.2. The highest BCUT2D eigenvalue weighted by Crippen LogP contribution is 2.27. The summed E-state index contributed by atoms with van der Waals surface area (Å²) in [5.74, 6) is 1.13. The van der Waals surface area contributed by atoms with Gasteiger partial charge in [0.1, 0.15) is 17.9 Å². The first-order valence-corrected chi connectivity index (χ1v) is 6.24. The Kier molecular flexibility index (Phi) is 4.41. The lowest BCUT2D eigenvalue weighted by atomic mass is 10.3. The summed E-state index contributed by atoms with van der Waals surface area (Å²) < 4.78 is 5.04. The van der Waals surface area contributed by atoms with Crippen molar-refractivity contribution in [3.05, 3.63) is 35.4 Å². The molecule has 0 bridgehead atoms. The van der Waals surface area contributed by atoms with E-state index in [0.29, 0.717) is 22.3 Å². The van der Waals surface area contributed by atoms with E-state index in [0.717, 1.165) is 0 Å². The summed E-state index contributed by atoms with van der Waals surface area (Å²) in [6.45, 7) is 1.79. The normalized spacial score (nSPS) is 11.8. The molecule has 2 aromatic rings. The van der Waals surface area contributed by atoms with Crippen LogP contribution in [0.5, 0.6) is 5.75 Å². The molecule has 3 N–H and O–H groups in total. The summed E-state index contributed by atoms with van der Waals surface area (Å²) in [7, 11) is 1.53. The maximum Gasteiger partial charge on any atom is 0.319 e. The lowest BCUT2D eigenvalue weighted by Crippen LogP contribution is -2.31. The van der Waals surface area contributed by atoms with Gasteiger partial charge in [0, 0.05) is 5.69 Å². The van der Waals surface area contributed by atoms with Gasteiger partial charge in [-0.15, -0.1) is 0 Å². The van der Waals surface area contributed by atoms with E-state index in [1.807, 2.05) is 0 Å². The van der Waals surface area contributed by atoms with E-state index in [1.54, 1.807) is 25.1 Å². The average Bonchev–Trinajstić information content (AvgIpc) is 2.92. The molecule has 2 amide bonds. The van der Waals surface area contributed by atoms with Gasteiger partial charge in [0.25, 0.3) is 0 Å². The SMILES string of the molecule is COc1ccc(NC(=O)N[C@@H](C)c2ncn[nH]2)cc1Cl. The van der Waals surface area contributed by atoms with Gasteiger partial charge in [0.15, 0.2) is 0 Å². The fourth-order valence-corrected chi connectivity index (χ4v) is 1.86. The maximum absolute atomic E-state index is 11.8. The van der Waals surface area contributed by atoms with Crippen molar-refractivity contribution in [2.24, 2.45) is 0 Å². The zero-order valence-electron chi connectivity index (χ0n) is 11.0. The lowest BCUT2D eigenvalue weighted by molar-refractivity contribution is 0.249. The minimum atomic E-state index is -0.366. The number of methoxy groups -OCH3 is 1. The second-order valence-electron chi connectivity index (χ2n) is 4.04. The third kappa shape index (κ3) is 3.39. The summed E-state index contributed by atoms with van der Waals surface area (Å²) in [4.78, 5) is 15.8. The molecular formula is C12H14ClN5O2. The van der Waals surface area contributed by atoms with Crippen molar-refractivity contribution in [2.75, 3.05) is 12.4 Å². The Bertz CT molecular complexity index is 588. The molecule has 0 radical (unpaired) electrons. The Morgan fingerprint density at radius 2 is 2.30 bits per heavy atom. The Balaban J connectivity index is 1.96. The third-order valence-corrected chi connectivity index (χ3v) is 2.90. The molecule has 0 saturated heterocycles. The number of rotatable bonds is 4. The molecule has 0 fully saturated rings. The number of ether oxygens (including phenoxy) is 1. The van der Waals surface area contributed by atoms with E-state index >= 15 is 0 Å². The number of benzene rings is 1. The first-order chi connectivity index (χ1) is 9.60. The van der Waals surface area contributed by atoms with Crippen molar-refractivity contribution in [2.45, 2.75) is 13.0 Å². The van der Waals surface area contributed by atoms with Crippen molar-refractivity contribution in [1.82, 2.24) is 20.5 Å². The van der Waals surface area contributed by atoms with E-state index in [2.05, 4.69) is 25.8 Å². The van der Waals surface area contributed by atoms with Crippen LogP contribution in [-0.2, 0) is 0 Å². The lowest BCUT2D eigenvalue weighted by Gasteiger charge is -2.13. The Hall–Kier alpha value is -2.28. The zero-order valence-corrected chi connectivity index (χ0v) is 11.7. The van der Waals surface area contributed by atoms with Crippen LogP contribution in [0.2, 0.25) is 5.02 Å². The molecule has 8 heteroatoms. The minimum Gasteiger partial charge on any atom is -0.495 e. The number of urea groups is 1. The molecule has 106 valence electrons. The standard InChI is InChI=1S/C12H14ClN5O2/c1-7(11-14-6-15-18-11)16-12(19)17-8-3-4-10(20-2)9(13)5-8/h3-7H,1-2H3,(H,14,15,18)(H2,16,17,19)/t7-/m0/s1. The second kappa shape index (κ2) is 6.25. The summed E-state index contributed by atoms with van der Waals surface area (Å²) in [5.41, 5.74) is 0.568. The number of H-pyrrole nitrogens is 1. The summed E-state index contributed by atoms with van der Waals surface area (Å²) >= 11 is 5.98. The summed E-state index contributed by atoms with van der Waals surface area (Å²) in [6.07, 6.45) is 1.38. The average molecular weight is 296 g/mol. The topological polar surface area (TPSA) is 91.9 Å². The zero-order chi connectivity index (χ0) is 14.5. The van der Waals surface area contributed by atoms with E-state index in [9.17, 15) is 4.79 Å². The van der Waals surface area contributed by atoms with Crippen LogP contribution in [0, 0.1) is 0 Å². The number of carbonyl (C=O) groups is 1. The number of halogens is 1. The third-order valence-electron chi connectivity index (χ3n) is 2.60. The summed E-state index contributed by atoms with van der Waals surface area (Å²) in [6, 6.07) is 4.33. The van der Waals surface area contributed by atoms with Crippen LogP contribution in [-0.4, -0.2) is 28.3 Å². The van der Waals surface area contributed by atoms with Gasteiger partial charge >= 0.3 is 6.03 Å². The number of hydrogen-bond acceptors (Lipinski definition) is 4. The molecule has 0 spiro atoms. The predicted molar refractivity (Wildman–Crippen MR) is 75.0 cm³/mol. The molecule has 0 aliphatic heterocycles. The largest absolute Gasteiger partial charge is 0.495 e. The highest BCUT2D eigenvalue weighted by atomic mass is 35.5.